The van der Waals surface area contributed by atoms with Crippen LogP contribution in [0.1, 0.15) is 19.4 Å². The SMILES string of the molecule is Cc1ccccc1-n1c(SCC(=O)N2CC(C)OC(C)C2)nc2c([nH]c3ccccc32)c1=O. The van der Waals surface area contributed by atoms with Crippen LogP contribution < -0.4 is 5.56 Å². The summed E-state index contributed by atoms with van der Waals surface area (Å²) in [7, 11) is 0. The Morgan fingerprint density at radius 3 is 2.58 bits per heavy atom. The predicted octanol–water partition coefficient (Wildman–Crippen LogP) is 3.90. The Labute approximate surface area is 195 Å². The molecule has 2 aromatic heterocycles. The van der Waals surface area contributed by atoms with E-state index in [1.165, 1.54) is 11.8 Å². The molecule has 0 aliphatic carbocycles. The first-order chi connectivity index (χ1) is 15.9. The summed E-state index contributed by atoms with van der Waals surface area (Å²) in [5.41, 5.74) is 3.51. The molecular formula is C25H26N4O3S. The van der Waals surface area contributed by atoms with Crippen molar-refractivity contribution in [3.05, 3.63) is 64.4 Å². The van der Waals surface area contributed by atoms with Crippen molar-refractivity contribution >= 4 is 39.6 Å². The fourth-order valence-corrected chi connectivity index (χ4v) is 5.37. The molecular weight excluding hydrogens is 436 g/mol. The molecule has 2 aromatic carbocycles. The average molecular weight is 463 g/mol. The lowest BCUT2D eigenvalue weighted by atomic mass is 10.2. The van der Waals surface area contributed by atoms with Gasteiger partial charge in [-0.1, -0.05) is 48.2 Å². The highest BCUT2D eigenvalue weighted by Crippen LogP contribution is 2.27. The molecule has 1 aliphatic heterocycles. The highest BCUT2D eigenvalue weighted by molar-refractivity contribution is 7.99. The van der Waals surface area contributed by atoms with Crippen LogP contribution >= 0.6 is 11.8 Å². The summed E-state index contributed by atoms with van der Waals surface area (Å²) in [5.74, 6) is 0.220. The number of aromatic nitrogens is 3. The minimum Gasteiger partial charge on any atom is -0.372 e. The number of rotatable bonds is 4. The van der Waals surface area contributed by atoms with Gasteiger partial charge in [0, 0.05) is 24.0 Å². The van der Waals surface area contributed by atoms with Gasteiger partial charge in [0.1, 0.15) is 11.0 Å². The van der Waals surface area contributed by atoms with Crippen LogP contribution in [0.4, 0.5) is 0 Å². The van der Waals surface area contributed by atoms with Crippen LogP contribution in [0, 0.1) is 6.92 Å². The van der Waals surface area contributed by atoms with E-state index in [1.807, 2.05) is 74.2 Å². The number of thioether (sulfide) groups is 1. The predicted molar refractivity (Wildman–Crippen MR) is 131 cm³/mol. The fourth-order valence-electron chi connectivity index (χ4n) is 4.47. The standard InChI is InChI=1S/C25H26N4O3S/c1-15-8-4-7-11-20(15)29-24(31)23-22(18-9-5-6-10-19(18)26-23)27-25(29)33-14-21(30)28-12-16(2)32-17(3)13-28/h4-11,16-17,26H,12-14H2,1-3H3. The van der Waals surface area contributed by atoms with Gasteiger partial charge in [0.2, 0.25) is 5.91 Å². The molecule has 170 valence electrons. The molecule has 1 fully saturated rings. The fraction of sp³-hybridized carbons (Fsp3) is 0.320. The Balaban J connectivity index is 1.58. The molecule has 0 spiro atoms. The first-order valence-corrected chi connectivity index (χ1v) is 12.1. The van der Waals surface area contributed by atoms with Gasteiger partial charge in [-0.2, -0.15) is 0 Å². The number of H-pyrrole nitrogens is 1. The molecule has 2 atom stereocenters. The Bertz CT molecular complexity index is 1400. The summed E-state index contributed by atoms with van der Waals surface area (Å²) >= 11 is 1.30. The van der Waals surface area contributed by atoms with Crippen LogP contribution in [0.3, 0.4) is 0 Å². The first kappa shape index (κ1) is 21.7. The number of carbonyl (C=O) groups is 1. The average Bonchev–Trinajstić information content (AvgIpc) is 3.17. The lowest BCUT2D eigenvalue weighted by molar-refractivity contribution is -0.140. The molecule has 2 unspecified atom stereocenters. The number of morpholine rings is 1. The summed E-state index contributed by atoms with van der Waals surface area (Å²) in [6, 6.07) is 15.5. The number of para-hydroxylation sites is 2. The van der Waals surface area contributed by atoms with Gasteiger partial charge >= 0.3 is 0 Å². The Morgan fingerprint density at radius 2 is 1.82 bits per heavy atom. The second-order valence-electron chi connectivity index (χ2n) is 8.56. The number of hydrogen-bond acceptors (Lipinski definition) is 5. The maximum atomic E-state index is 13.7. The molecule has 0 radical (unpaired) electrons. The number of aryl methyl sites for hydroxylation is 1. The number of benzene rings is 2. The van der Waals surface area contributed by atoms with Crippen LogP contribution in [0.25, 0.3) is 27.6 Å². The Kier molecular flexibility index (Phi) is 5.72. The highest BCUT2D eigenvalue weighted by atomic mass is 32.2. The Hall–Kier alpha value is -3.10. The van der Waals surface area contributed by atoms with Crippen molar-refractivity contribution in [2.24, 2.45) is 0 Å². The smallest absolute Gasteiger partial charge is 0.283 e. The zero-order valence-electron chi connectivity index (χ0n) is 18.9. The molecule has 1 aliphatic rings. The van der Waals surface area contributed by atoms with Crippen molar-refractivity contribution in [2.45, 2.75) is 38.1 Å². The summed E-state index contributed by atoms with van der Waals surface area (Å²) in [4.78, 5) is 36.6. The maximum absolute atomic E-state index is 13.7. The van der Waals surface area contributed by atoms with Crippen LogP contribution in [0.5, 0.6) is 0 Å². The summed E-state index contributed by atoms with van der Waals surface area (Å²) in [6.45, 7) is 7.07. The van der Waals surface area contributed by atoms with E-state index in [-0.39, 0.29) is 29.4 Å². The van der Waals surface area contributed by atoms with E-state index in [0.717, 1.165) is 22.2 Å². The van der Waals surface area contributed by atoms with Gasteiger partial charge in [-0.25, -0.2) is 4.98 Å². The van der Waals surface area contributed by atoms with Gasteiger partial charge in [-0.3, -0.25) is 14.2 Å². The molecule has 33 heavy (non-hydrogen) atoms. The molecule has 4 aromatic rings. The van der Waals surface area contributed by atoms with Crippen molar-refractivity contribution in [2.75, 3.05) is 18.8 Å². The van der Waals surface area contributed by atoms with E-state index in [0.29, 0.717) is 29.3 Å². The van der Waals surface area contributed by atoms with Gasteiger partial charge in [0.15, 0.2) is 5.16 Å². The molecule has 5 rings (SSSR count). The van der Waals surface area contributed by atoms with E-state index in [9.17, 15) is 9.59 Å². The van der Waals surface area contributed by atoms with Crippen molar-refractivity contribution < 1.29 is 9.53 Å². The number of ether oxygens (including phenoxy) is 1. The number of carbonyl (C=O) groups excluding carboxylic acids is 1. The third kappa shape index (κ3) is 4.05. The zero-order chi connectivity index (χ0) is 23.1. The number of hydrogen-bond donors (Lipinski definition) is 1. The largest absolute Gasteiger partial charge is 0.372 e. The molecule has 0 bridgehead atoms. The molecule has 1 N–H and O–H groups in total. The lowest BCUT2D eigenvalue weighted by Crippen LogP contribution is -2.48. The van der Waals surface area contributed by atoms with E-state index < -0.39 is 0 Å². The van der Waals surface area contributed by atoms with Gasteiger partial charge in [0.05, 0.1) is 23.6 Å². The highest BCUT2D eigenvalue weighted by Gasteiger charge is 2.26. The zero-order valence-corrected chi connectivity index (χ0v) is 19.7. The molecule has 3 heterocycles. The van der Waals surface area contributed by atoms with E-state index in [4.69, 9.17) is 9.72 Å². The van der Waals surface area contributed by atoms with E-state index in [2.05, 4.69) is 4.98 Å². The normalized spacial score (nSPS) is 18.8. The van der Waals surface area contributed by atoms with Crippen molar-refractivity contribution in [3.63, 3.8) is 0 Å². The molecule has 1 amide bonds. The number of nitrogens with one attached hydrogen (secondary N) is 1. The topological polar surface area (TPSA) is 80.2 Å². The van der Waals surface area contributed by atoms with E-state index in [1.54, 1.807) is 4.57 Å². The third-order valence-electron chi connectivity index (χ3n) is 5.95. The van der Waals surface area contributed by atoms with Gasteiger partial charge in [0.25, 0.3) is 5.56 Å². The van der Waals surface area contributed by atoms with Crippen molar-refractivity contribution in [1.29, 1.82) is 0 Å². The third-order valence-corrected chi connectivity index (χ3v) is 6.87. The van der Waals surface area contributed by atoms with Gasteiger partial charge < -0.3 is 14.6 Å². The van der Waals surface area contributed by atoms with Crippen molar-refractivity contribution in [1.82, 2.24) is 19.4 Å². The van der Waals surface area contributed by atoms with E-state index >= 15 is 0 Å². The number of fused-ring (bicyclic) bond motifs is 3. The van der Waals surface area contributed by atoms with Crippen LogP contribution in [0.2, 0.25) is 0 Å². The van der Waals surface area contributed by atoms with Crippen LogP contribution in [-0.4, -0.2) is 56.4 Å². The van der Waals surface area contributed by atoms with Crippen molar-refractivity contribution in [3.8, 4) is 5.69 Å². The molecule has 7 nitrogen and oxygen atoms in total. The monoisotopic (exact) mass is 462 g/mol. The molecule has 0 saturated carbocycles. The number of aromatic amines is 1. The van der Waals surface area contributed by atoms with Crippen LogP contribution in [0.15, 0.2) is 58.5 Å². The summed E-state index contributed by atoms with van der Waals surface area (Å²) < 4.78 is 7.37. The van der Waals surface area contributed by atoms with Gasteiger partial charge in [-0.15, -0.1) is 0 Å². The quantitative estimate of drug-likeness (QED) is 0.368. The molecule has 1 saturated heterocycles. The summed E-state index contributed by atoms with van der Waals surface area (Å²) in [5, 5.41) is 1.40. The summed E-state index contributed by atoms with van der Waals surface area (Å²) in [6.07, 6.45) is 0.0158. The number of amides is 1. The maximum Gasteiger partial charge on any atom is 0.283 e. The van der Waals surface area contributed by atoms with Crippen LogP contribution in [-0.2, 0) is 9.53 Å². The van der Waals surface area contributed by atoms with Gasteiger partial charge in [-0.05, 0) is 38.5 Å². The first-order valence-electron chi connectivity index (χ1n) is 11.1. The lowest BCUT2D eigenvalue weighted by Gasteiger charge is -2.35. The Morgan fingerprint density at radius 1 is 1.12 bits per heavy atom. The minimum absolute atomic E-state index is 0.00791. The second kappa shape index (κ2) is 8.68. The number of nitrogens with zero attached hydrogens (tertiary/aromatic N) is 3. The minimum atomic E-state index is -0.172. The molecule has 8 heteroatoms. The second-order valence-corrected chi connectivity index (χ2v) is 9.50.